The quantitative estimate of drug-likeness (QED) is 0.560. The predicted octanol–water partition coefficient (Wildman–Crippen LogP) is 2.80. The number of rotatable bonds is 7. The number of fused-ring (bicyclic) bond motifs is 1. The van der Waals surface area contributed by atoms with E-state index in [0.717, 1.165) is 42.9 Å². The summed E-state index contributed by atoms with van der Waals surface area (Å²) in [6.07, 6.45) is 1.13. The molecule has 2 N–H and O–H groups in total. The van der Waals surface area contributed by atoms with Crippen LogP contribution in [0, 0.1) is 13.8 Å². The molecule has 0 saturated carbocycles. The Labute approximate surface area is 212 Å². The van der Waals surface area contributed by atoms with Crippen molar-refractivity contribution in [3.05, 3.63) is 28.3 Å². The molecule has 0 aliphatic carbocycles. The molecule has 1 saturated heterocycles. The molecule has 4 rings (SSSR count). The summed E-state index contributed by atoms with van der Waals surface area (Å²) in [6, 6.07) is 0.373. The molecule has 2 atom stereocenters. The van der Waals surface area contributed by atoms with Gasteiger partial charge in [-0.2, -0.15) is 5.10 Å². The van der Waals surface area contributed by atoms with Crippen molar-refractivity contribution in [3.8, 4) is 0 Å². The highest BCUT2D eigenvalue weighted by Crippen LogP contribution is 2.41. The smallest absolute Gasteiger partial charge is 0.321 e. The molecule has 2 aliphatic heterocycles. The number of aromatic amines is 1. The van der Waals surface area contributed by atoms with Gasteiger partial charge in [0.25, 0.3) is 0 Å². The number of H-pyrrole nitrogens is 1. The molecule has 3 amide bonds. The lowest BCUT2D eigenvalue weighted by atomic mass is 10.0. The first kappa shape index (κ1) is 26.2. The van der Waals surface area contributed by atoms with Crippen LogP contribution in [0.2, 0.25) is 0 Å². The zero-order valence-electron chi connectivity index (χ0n) is 22.5. The summed E-state index contributed by atoms with van der Waals surface area (Å²) in [7, 11) is 1.72. The van der Waals surface area contributed by atoms with Gasteiger partial charge in [0.15, 0.2) is 5.82 Å². The topological polar surface area (TPSA) is 120 Å². The molecule has 4 heterocycles. The second-order valence-corrected chi connectivity index (χ2v) is 10.6. The minimum absolute atomic E-state index is 0.00786. The van der Waals surface area contributed by atoms with Crippen LogP contribution in [0.3, 0.4) is 0 Å². The Bertz CT molecular complexity index is 1090. The molecule has 11 nitrogen and oxygen atoms in total. The second-order valence-electron chi connectivity index (χ2n) is 10.6. The van der Waals surface area contributed by atoms with Crippen LogP contribution in [0.15, 0.2) is 4.52 Å². The highest BCUT2D eigenvalue weighted by molar-refractivity contribution is 5.92. The predicted molar refractivity (Wildman–Crippen MR) is 135 cm³/mol. The lowest BCUT2D eigenvalue weighted by Gasteiger charge is -2.46. The summed E-state index contributed by atoms with van der Waals surface area (Å²) >= 11 is 0. The van der Waals surface area contributed by atoms with Crippen molar-refractivity contribution in [3.63, 3.8) is 0 Å². The van der Waals surface area contributed by atoms with Gasteiger partial charge >= 0.3 is 6.03 Å². The van der Waals surface area contributed by atoms with Crippen molar-refractivity contribution in [2.75, 3.05) is 38.7 Å². The van der Waals surface area contributed by atoms with Gasteiger partial charge in [0.2, 0.25) is 5.91 Å². The largest absolute Gasteiger partial charge is 0.385 e. The molecule has 0 bridgehead atoms. The lowest BCUT2D eigenvalue weighted by molar-refractivity contribution is -0.115. The van der Waals surface area contributed by atoms with Crippen molar-refractivity contribution in [2.24, 2.45) is 0 Å². The number of methoxy groups -OCH3 is 1. The number of urea groups is 1. The fraction of sp³-hybridized carbons (Fsp3) is 0.680. The number of ether oxygens (including phenoxy) is 1. The maximum atomic E-state index is 13.8. The summed E-state index contributed by atoms with van der Waals surface area (Å²) in [5, 5.41) is 14.3. The van der Waals surface area contributed by atoms with Crippen molar-refractivity contribution >= 4 is 17.8 Å². The molecule has 198 valence electrons. The number of carbonyl (C=O) groups is 2. The van der Waals surface area contributed by atoms with E-state index in [1.165, 1.54) is 0 Å². The Balaban J connectivity index is 1.44. The summed E-state index contributed by atoms with van der Waals surface area (Å²) < 4.78 is 10.4. The van der Waals surface area contributed by atoms with Crippen LogP contribution in [-0.2, 0) is 28.0 Å². The number of nitrogens with zero attached hydrogens (tertiary/aromatic N) is 5. The average Bonchev–Trinajstić information content (AvgIpc) is 3.45. The van der Waals surface area contributed by atoms with E-state index < -0.39 is 5.54 Å². The number of aromatic nitrogens is 3. The molecule has 2 aliphatic rings. The van der Waals surface area contributed by atoms with Crippen LogP contribution in [0.5, 0.6) is 0 Å². The molecule has 11 heteroatoms. The second kappa shape index (κ2) is 10.2. The van der Waals surface area contributed by atoms with E-state index in [2.05, 4.69) is 39.4 Å². The van der Waals surface area contributed by atoms with Gasteiger partial charge < -0.3 is 24.4 Å². The zero-order chi connectivity index (χ0) is 26.2. The maximum Gasteiger partial charge on any atom is 0.321 e. The van der Waals surface area contributed by atoms with Crippen molar-refractivity contribution in [1.29, 1.82) is 0 Å². The van der Waals surface area contributed by atoms with Crippen molar-refractivity contribution < 1.29 is 18.8 Å². The van der Waals surface area contributed by atoms with Crippen molar-refractivity contribution in [1.82, 2.24) is 30.1 Å². The molecule has 36 heavy (non-hydrogen) atoms. The number of aryl methyl sites for hydroxylation is 2. The van der Waals surface area contributed by atoms with Gasteiger partial charge in [0, 0.05) is 56.6 Å². The molecule has 2 aromatic heterocycles. The van der Waals surface area contributed by atoms with E-state index in [1.54, 1.807) is 14.0 Å². The molecule has 0 aromatic carbocycles. The van der Waals surface area contributed by atoms with Gasteiger partial charge in [-0.05, 0) is 48.0 Å². The minimum atomic E-state index is -0.581. The summed E-state index contributed by atoms with van der Waals surface area (Å²) in [4.78, 5) is 32.9. The van der Waals surface area contributed by atoms with Crippen molar-refractivity contribution in [2.45, 2.75) is 78.6 Å². The molecular formula is C25H39N7O4. The molecular weight excluding hydrogens is 462 g/mol. The van der Waals surface area contributed by atoms with E-state index in [9.17, 15) is 9.59 Å². The van der Waals surface area contributed by atoms with Gasteiger partial charge in [0.1, 0.15) is 5.76 Å². The number of hydrogen-bond donors (Lipinski definition) is 2. The fourth-order valence-corrected chi connectivity index (χ4v) is 5.36. The molecule has 1 fully saturated rings. The van der Waals surface area contributed by atoms with Crippen LogP contribution < -0.4 is 5.32 Å². The van der Waals surface area contributed by atoms with Gasteiger partial charge in [-0.1, -0.05) is 5.16 Å². The van der Waals surface area contributed by atoms with Crippen LogP contribution in [0.4, 0.5) is 10.6 Å². The first-order chi connectivity index (χ1) is 17.0. The third kappa shape index (κ3) is 4.86. The van der Waals surface area contributed by atoms with E-state index in [4.69, 9.17) is 9.26 Å². The van der Waals surface area contributed by atoms with E-state index in [-0.39, 0.29) is 30.4 Å². The Kier molecular flexibility index (Phi) is 7.42. The SMILES string of the molecule is COCCCN1C[C@H](C)N(C(=O)N2Cc3c(NC(=O)Cc4c(C)noc4C)n[nH]c3C2(C)C)C[C@H]1C. The van der Waals surface area contributed by atoms with Gasteiger partial charge in [-0.3, -0.25) is 14.8 Å². The number of anilines is 1. The number of carbonyl (C=O) groups excluding carboxylic acids is 2. The summed E-state index contributed by atoms with van der Waals surface area (Å²) in [5.41, 5.74) is 2.60. The fourth-order valence-electron chi connectivity index (χ4n) is 5.36. The minimum Gasteiger partial charge on any atom is -0.385 e. The van der Waals surface area contributed by atoms with Crippen LogP contribution in [0.1, 0.15) is 62.4 Å². The van der Waals surface area contributed by atoms with Gasteiger partial charge in [-0.25, -0.2) is 4.79 Å². The maximum absolute atomic E-state index is 13.8. The van der Waals surface area contributed by atoms with E-state index in [0.29, 0.717) is 30.4 Å². The molecule has 2 aromatic rings. The zero-order valence-corrected chi connectivity index (χ0v) is 22.5. The van der Waals surface area contributed by atoms with Gasteiger partial charge in [0.05, 0.1) is 29.9 Å². The standard InChI is InChI=1S/C25H39N7O4/c1-15-13-31(16(2)12-30(15)9-8-10-35-7)24(34)32-14-20-22(25(32,5)6)27-28-23(20)26-21(33)11-19-17(3)29-36-18(19)4/h15-16H,8-14H2,1-7H3,(H2,26,27,28,33)/t15-,16+/m1/s1. The third-order valence-corrected chi connectivity index (χ3v) is 7.63. The number of hydrogen-bond acceptors (Lipinski definition) is 7. The third-order valence-electron chi connectivity index (χ3n) is 7.63. The molecule has 0 spiro atoms. The number of amides is 3. The highest BCUT2D eigenvalue weighted by Gasteiger charge is 2.46. The Morgan fingerprint density at radius 3 is 2.64 bits per heavy atom. The van der Waals surface area contributed by atoms with E-state index in [1.807, 2.05) is 30.6 Å². The average molecular weight is 502 g/mol. The van der Waals surface area contributed by atoms with Gasteiger partial charge in [-0.15, -0.1) is 0 Å². The molecule has 0 unspecified atom stereocenters. The lowest BCUT2D eigenvalue weighted by Crippen LogP contribution is -2.61. The molecule has 0 radical (unpaired) electrons. The Morgan fingerprint density at radius 2 is 1.97 bits per heavy atom. The number of nitrogens with one attached hydrogen (secondary N) is 2. The monoisotopic (exact) mass is 501 g/mol. The first-order valence-electron chi connectivity index (χ1n) is 12.6. The Hall–Kier alpha value is -2.92. The van der Waals surface area contributed by atoms with Crippen LogP contribution in [0.25, 0.3) is 0 Å². The number of piperazine rings is 1. The Morgan fingerprint density at radius 1 is 1.22 bits per heavy atom. The van der Waals surface area contributed by atoms with E-state index >= 15 is 0 Å². The highest BCUT2D eigenvalue weighted by atomic mass is 16.5. The van der Waals surface area contributed by atoms with Crippen LogP contribution in [-0.4, -0.2) is 87.4 Å². The first-order valence-corrected chi connectivity index (χ1v) is 12.6. The summed E-state index contributed by atoms with van der Waals surface area (Å²) in [6.45, 7) is 15.5. The normalized spacial score (nSPS) is 21.6. The van der Waals surface area contributed by atoms with Crippen LogP contribution >= 0.6 is 0 Å². The summed E-state index contributed by atoms with van der Waals surface area (Å²) in [5.74, 6) is 0.901.